The molecule has 0 amide bonds. The van der Waals surface area contributed by atoms with Gasteiger partial charge in [-0.25, -0.2) is 4.79 Å². The van der Waals surface area contributed by atoms with Crippen molar-refractivity contribution in [2.24, 2.45) is 0 Å². The van der Waals surface area contributed by atoms with Crippen molar-refractivity contribution in [1.82, 2.24) is 0 Å². The molecule has 4 nitrogen and oxygen atoms in total. The highest BCUT2D eigenvalue weighted by atomic mass is 16.6. The van der Waals surface area contributed by atoms with Gasteiger partial charge in [0, 0.05) is 0 Å². The lowest BCUT2D eigenvalue weighted by Crippen LogP contribution is -2.21. The molecule has 1 atom stereocenters. The zero-order valence-corrected chi connectivity index (χ0v) is 9.73. The molecule has 0 saturated carbocycles. The largest absolute Gasteiger partial charge is 0.497 e. The van der Waals surface area contributed by atoms with Crippen LogP contribution in [0.5, 0.6) is 5.75 Å². The molecular formula is C12H16O4. The van der Waals surface area contributed by atoms with Gasteiger partial charge >= 0.3 is 5.97 Å². The quantitative estimate of drug-likeness (QED) is 0.715. The molecule has 0 aliphatic carbocycles. The van der Waals surface area contributed by atoms with Gasteiger partial charge in [-0.1, -0.05) is 12.1 Å². The van der Waals surface area contributed by atoms with Crippen molar-refractivity contribution in [3.05, 3.63) is 29.8 Å². The summed E-state index contributed by atoms with van der Waals surface area (Å²) in [6.45, 7) is 2.01. The zero-order valence-electron chi connectivity index (χ0n) is 9.73. The molecule has 0 N–H and O–H groups in total. The van der Waals surface area contributed by atoms with E-state index in [4.69, 9.17) is 9.47 Å². The van der Waals surface area contributed by atoms with E-state index < -0.39 is 6.10 Å². The second kappa shape index (κ2) is 6.12. The van der Waals surface area contributed by atoms with E-state index >= 15 is 0 Å². The number of ether oxygens (including phenoxy) is 3. The van der Waals surface area contributed by atoms with Crippen LogP contribution in [0.2, 0.25) is 0 Å². The van der Waals surface area contributed by atoms with Crippen molar-refractivity contribution in [1.29, 1.82) is 0 Å². The van der Waals surface area contributed by atoms with Crippen LogP contribution in [-0.2, 0) is 20.9 Å². The Balaban J connectivity index is 2.51. The molecular weight excluding hydrogens is 208 g/mol. The van der Waals surface area contributed by atoms with Crippen LogP contribution in [-0.4, -0.2) is 26.3 Å². The summed E-state index contributed by atoms with van der Waals surface area (Å²) in [6, 6.07) is 7.50. The van der Waals surface area contributed by atoms with Gasteiger partial charge in [-0.15, -0.1) is 0 Å². The summed E-state index contributed by atoms with van der Waals surface area (Å²) in [5.74, 6) is 0.398. The third-order valence-corrected chi connectivity index (χ3v) is 2.17. The summed E-state index contributed by atoms with van der Waals surface area (Å²) in [5, 5.41) is 0. The van der Waals surface area contributed by atoms with Gasteiger partial charge in [-0.05, 0) is 24.6 Å². The number of rotatable bonds is 5. The molecule has 0 unspecified atom stereocenters. The molecule has 1 rings (SSSR count). The monoisotopic (exact) mass is 224 g/mol. The maximum atomic E-state index is 11.1. The molecule has 0 aliphatic heterocycles. The Labute approximate surface area is 95.1 Å². The predicted octanol–water partition coefficient (Wildman–Crippen LogP) is 1.77. The highest BCUT2D eigenvalue weighted by Crippen LogP contribution is 2.13. The average Bonchev–Trinajstić information content (AvgIpc) is 2.35. The van der Waals surface area contributed by atoms with E-state index in [1.165, 1.54) is 7.11 Å². The summed E-state index contributed by atoms with van der Waals surface area (Å²) >= 11 is 0. The molecule has 0 heterocycles. The number of carbonyl (C=O) groups excluding carboxylic acids is 1. The minimum atomic E-state index is -0.559. The number of methoxy groups -OCH3 is 2. The molecule has 4 heteroatoms. The summed E-state index contributed by atoms with van der Waals surface area (Å²) in [7, 11) is 2.95. The van der Waals surface area contributed by atoms with Crippen molar-refractivity contribution < 1.29 is 19.0 Å². The van der Waals surface area contributed by atoms with Gasteiger partial charge in [0.2, 0.25) is 0 Å². The molecule has 88 valence electrons. The van der Waals surface area contributed by atoms with E-state index in [0.29, 0.717) is 6.61 Å². The Hall–Kier alpha value is -1.55. The van der Waals surface area contributed by atoms with Gasteiger partial charge in [0.05, 0.1) is 20.8 Å². The molecule has 0 saturated heterocycles. The van der Waals surface area contributed by atoms with Gasteiger partial charge in [0.1, 0.15) is 5.75 Å². The maximum absolute atomic E-state index is 11.1. The lowest BCUT2D eigenvalue weighted by atomic mass is 10.2. The lowest BCUT2D eigenvalue weighted by Gasteiger charge is -2.11. The van der Waals surface area contributed by atoms with Gasteiger partial charge in [-0.2, -0.15) is 0 Å². The normalized spacial score (nSPS) is 11.9. The number of hydrogen-bond donors (Lipinski definition) is 0. The molecule has 16 heavy (non-hydrogen) atoms. The molecule has 0 aromatic heterocycles. The topological polar surface area (TPSA) is 44.8 Å². The number of esters is 1. The average molecular weight is 224 g/mol. The third-order valence-electron chi connectivity index (χ3n) is 2.17. The van der Waals surface area contributed by atoms with Gasteiger partial charge in [0.15, 0.2) is 6.10 Å². The fourth-order valence-electron chi connectivity index (χ4n) is 1.22. The molecule has 0 bridgehead atoms. The number of carbonyl (C=O) groups is 1. The molecule has 0 fully saturated rings. The first kappa shape index (κ1) is 12.5. The van der Waals surface area contributed by atoms with Crippen LogP contribution in [0, 0.1) is 0 Å². The van der Waals surface area contributed by atoms with Crippen LogP contribution in [0.1, 0.15) is 12.5 Å². The second-order valence-electron chi connectivity index (χ2n) is 3.33. The molecule has 0 aliphatic rings. The highest BCUT2D eigenvalue weighted by molar-refractivity contribution is 5.73. The second-order valence-corrected chi connectivity index (χ2v) is 3.33. The van der Waals surface area contributed by atoms with Gasteiger partial charge in [0.25, 0.3) is 0 Å². The smallest absolute Gasteiger partial charge is 0.334 e. The van der Waals surface area contributed by atoms with Crippen LogP contribution >= 0.6 is 0 Å². The van der Waals surface area contributed by atoms with E-state index in [1.54, 1.807) is 14.0 Å². The summed E-state index contributed by atoms with van der Waals surface area (Å²) in [4.78, 5) is 11.1. The molecule has 1 aromatic rings. The fraction of sp³-hybridized carbons (Fsp3) is 0.417. The van der Waals surface area contributed by atoms with Crippen LogP contribution in [0.15, 0.2) is 24.3 Å². The van der Waals surface area contributed by atoms with Crippen LogP contribution in [0.4, 0.5) is 0 Å². The standard InChI is InChI=1S/C12H16O4/c1-9(12(13)15-3)16-8-10-5-4-6-11(7-10)14-2/h4-7,9H,8H2,1-3H3/t9-/m1/s1. The van der Waals surface area contributed by atoms with Crippen LogP contribution in [0.3, 0.4) is 0 Å². The van der Waals surface area contributed by atoms with Gasteiger partial charge < -0.3 is 14.2 Å². The van der Waals surface area contributed by atoms with Crippen molar-refractivity contribution in [2.75, 3.05) is 14.2 Å². The first-order chi connectivity index (χ1) is 7.67. The minimum absolute atomic E-state index is 0.355. The lowest BCUT2D eigenvalue weighted by molar-refractivity contribution is -0.153. The van der Waals surface area contributed by atoms with Gasteiger partial charge in [-0.3, -0.25) is 0 Å². The number of benzene rings is 1. The van der Waals surface area contributed by atoms with Crippen molar-refractivity contribution in [2.45, 2.75) is 19.6 Å². The van der Waals surface area contributed by atoms with Crippen molar-refractivity contribution in [3.8, 4) is 5.75 Å². The maximum Gasteiger partial charge on any atom is 0.334 e. The first-order valence-corrected chi connectivity index (χ1v) is 4.99. The van der Waals surface area contributed by atoms with Crippen LogP contribution in [0.25, 0.3) is 0 Å². The summed E-state index contributed by atoms with van der Waals surface area (Å²) in [6.07, 6.45) is -0.559. The Morgan fingerprint density at radius 3 is 2.75 bits per heavy atom. The highest BCUT2D eigenvalue weighted by Gasteiger charge is 2.13. The Morgan fingerprint density at radius 2 is 2.12 bits per heavy atom. The third kappa shape index (κ3) is 3.55. The Morgan fingerprint density at radius 1 is 1.38 bits per heavy atom. The number of hydrogen-bond acceptors (Lipinski definition) is 4. The predicted molar refractivity (Wildman–Crippen MR) is 59.3 cm³/mol. The molecule has 0 radical (unpaired) electrons. The zero-order chi connectivity index (χ0) is 12.0. The summed E-state index contributed by atoms with van der Waals surface area (Å²) < 4.78 is 15.0. The fourth-order valence-corrected chi connectivity index (χ4v) is 1.22. The van der Waals surface area contributed by atoms with Crippen molar-refractivity contribution >= 4 is 5.97 Å². The minimum Gasteiger partial charge on any atom is -0.497 e. The first-order valence-electron chi connectivity index (χ1n) is 4.99. The van der Waals surface area contributed by atoms with E-state index in [0.717, 1.165) is 11.3 Å². The Kier molecular flexibility index (Phi) is 4.79. The van der Waals surface area contributed by atoms with E-state index in [9.17, 15) is 4.79 Å². The molecule has 1 aromatic carbocycles. The van der Waals surface area contributed by atoms with Crippen LogP contribution < -0.4 is 4.74 Å². The SMILES string of the molecule is COC(=O)[C@@H](C)OCc1cccc(OC)c1. The molecule has 0 spiro atoms. The van der Waals surface area contributed by atoms with E-state index in [-0.39, 0.29) is 5.97 Å². The van der Waals surface area contributed by atoms with E-state index in [1.807, 2.05) is 24.3 Å². The Bertz CT molecular complexity index is 349. The van der Waals surface area contributed by atoms with Crippen molar-refractivity contribution in [3.63, 3.8) is 0 Å². The summed E-state index contributed by atoms with van der Waals surface area (Å²) in [5.41, 5.74) is 0.954. The van der Waals surface area contributed by atoms with E-state index in [2.05, 4.69) is 4.74 Å².